The Labute approximate surface area is 86.5 Å². The molecule has 0 bridgehead atoms. The van der Waals surface area contributed by atoms with Crippen LogP contribution < -0.4 is 10.6 Å². The summed E-state index contributed by atoms with van der Waals surface area (Å²) >= 11 is 0. The van der Waals surface area contributed by atoms with Crippen molar-refractivity contribution in [3.8, 4) is 0 Å². The number of hydrogen-bond donors (Lipinski definition) is 3. The maximum absolute atomic E-state index is 11.3. The van der Waals surface area contributed by atoms with Gasteiger partial charge in [-0.15, -0.1) is 0 Å². The molecule has 0 spiro atoms. The van der Waals surface area contributed by atoms with Crippen molar-refractivity contribution < 1.29 is 9.59 Å². The van der Waals surface area contributed by atoms with Gasteiger partial charge in [-0.25, -0.2) is 4.98 Å². The number of imidazole rings is 1. The van der Waals surface area contributed by atoms with E-state index >= 15 is 0 Å². The molecular weight excluding hydrogens is 196 g/mol. The van der Waals surface area contributed by atoms with E-state index in [9.17, 15) is 9.59 Å². The van der Waals surface area contributed by atoms with Crippen LogP contribution in [0.5, 0.6) is 0 Å². The van der Waals surface area contributed by atoms with Crippen molar-refractivity contribution in [3.05, 3.63) is 18.2 Å². The van der Waals surface area contributed by atoms with Crippen LogP contribution in [0.1, 0.15) is 25.2 Å². The minimum atomic E-state index is -0.447. The van der Waals surface area contributed by atoms with Crippen LogP contribution in [0, 0.1) is 0 Å². The first kappa shape index (κ1) is 9.85. The molecule has 6 heteroatoms. The van der Waals surface area contributed by atoms with E-state index in [0.717, 1.165) is 5.82 Å². The summed E-state index contributed by atoms with van der Waals surface area (Å²) in [6.07, 6.45) is 3.56. The molecule has 2 amide bonds. The van der Waals surface area contributed by atoms with Crippen LogP contribution in [0.15, 0.2) is 12.4 Å². The number of hydrogen-bond acceptors (Lipinski definition) is 4. The summed E-state index contributed by atoms with van der Waals surface area (Å²) < 4.78 is 0. The lowest BCUT2D eigenvalue weighted by Gasteiger charge is -2.14. The highest BCUT2D eigenvalue weighted by molar-refractivity contribution is 6.05. The van der Waals surface area contributed by atoms with Crippen molar-refractivity contribution in [3.63, 3.8) is 0 Å². The standard InChI is InChI=1S/C9H12N4O2/c1-5(8-10-2-3-11-8)12-6-4-7(14)13-9(6)15/h2-3,5-6,12H,4H2,1H3,(H,10,11)(H,13,14,15). The van der Waals surface area contributed by atoms with Gasteiger partial charge in [0.1, 0.15) is 5.82 Å². The molecule has 1 aliphatic rings. The van der Waals surface area contributed by atoms with E-state index in [-0.39, 0.29) is 24.3 Å². The van der Waals surface area contributed by atoms with Gasteiger partial charge in [0.05, 0.1) is 18.5 Å². The highest BCUT2D eigenvalue weighted by Crippen LogP contribution is 2.10. The third-order valence-corrected chi connectivity index (χ3v) is 2.35. The van der Waals surface area contributed by atoms with Gasteiger partial charge < -0.3 is 4.98 Å². The summed E-state index contributed by atoms with van der Waals surface area (Å²) in [4.78, 5) is 29.2. The van der Waals surface area contributed by atoms with Gasteiger partial charge >= 0.3 is 0 Å². The molecule has 80 valence electrons. The van der Waals surface area contributed by atoms with Crippen LogP contribution >= 0.6 is 0 Å². The molecule has 1 aliphatic heterocycles. The van der Waals surface area contributed by atoms with Crippen LogP contribution in [-0.2, 0) is 9.59 Å². The number of nitrogens with zero attached hydrogens (tertiary/aromatic N) is 1. The first-order valence-electron chi connectivity index (χ1n) is 4.76. The largest absolute Gasteiger partial charge is 0.347 e. The number of carbonyl (C=O) groups is 2. The predicted octanol–water partition coefficient (Wildman–Crippen LogP) is -0.525. The summed E-state index contributed by atoms with van der Waals surface area (Å²) in [5, 5.41) is 5.28. The molecule has 15 heavy (non-hydrogen) atoms. The van der Waals surface area contributed by atoms with E-state index < -0.39 is 6.04 Å². The molecule has 0 radical (unpaired) electrons. The topological polar surface area (TPSA) is 86.9 Å². The van der Waals surface area contributed by atoms with Gasteiger partial charge in [-0.1, -0.05) is 0 Å². The van der Waals surface area contributed by atoms with Gasteiger partial charge in [-0.3, -0.25) is 20.2 Å². The fraction of sp³-hybridized carbons (Fsp3) is 0.444. The van der Waals surface area contributed by atoms with E-state index in [4.69, 9.17) is 0 Å². The third-order valence-electron chi connectivity index (χ3n) is 2.35. The average molecular weight is 208 g/mol. The second-order valence-electron chi connectivity index (χ2n) is 3.53. The van der Waals surface area contributed by atoms with Crippen molar-refractivity contribution in [2.45, 2.75) is 25.4 Å². The van der Waals surface area contributed by atoms with E-state index in [1.165, 1.54) is 0 Å². The Morgan fingerprint density at radius 3 is 2.93 bits per heavy atom. The van der Waals surface area contributed by atoms with Gasteiger partial charge in [0.25, 0.3) is 0 Å². The molecule has 6 nitrogen and oxygen atoms in total. The zero-order valence-corrected chi connectivity index (χ0v) is 8.28. The van der Waals surface area contributed by atoms with Crippen LogP contribution in [0.2, 0.25) is 0 Å². The van der Waals surface area contributed by atoms with Gasteiger partial charge in [-0.05, 0) is 6.92 Å². The zero-order chi connectivity index (χ0) is 10.8. The van der Waals surface area contributed by atoms with E-state index in [2.05, 4.69) is 20.6 Å². The van der Waals surface area contributed by atoms with Crippen molar-refractivity contribution in [1.29, 1.82) is 0 Å². The minimum absolute atomic E-state index is 0.0818. The Balaban J connectivity index is 1.98. The number of aromatic nitrogens is 2. The molecule has 2 heterocycles. The number of imide groups is 1. The highest BCUT2D eigenvalue weighted by Gasteiger charge is 2.31. The summed E-state index contributed by atoms with van der Waals surface area (Å²) in [6.45, 7) is 1.88. The fourth-order valence-corrected chi connectivity index (χ4v) is 1.58. The number of carbonyl (C=O) groups excluding carboxylic acids is 2. The van der Waals surface area contributed by atoms with E-state index in [0.29, 0.717) is 0 Å². The predicted molar refractivity (Wildman–Crippen MR) is 51.7 cm³/mol. The molecular formula is C9H12N4O2. The first-order valence-corrected chi connectivity index (χ1v) is 4.76. The van der Waals surface area contributed by atoms with Crippen molar-refractivity contribution in [2.75, 3.05) is 0 Å². The molecule has 2 unspecified atom stereocenters. The molecule has 0 saturated carbocycles. The monoisotopic (exact) mass is 208 g/mol. The molecule has 3 N–H and O–H groups in total. The fourth-order valence-electron chi connectivity index (χ4n) is 1.58. The molecule has 0 aromatic carbocycles. The molecule has 0 aliphatic carbocycles. The number of H-pyrrole nitrogens is 1. The maximum Gasteiger partial charge on any atom is 0.244 e. The lowest BCUT2D eigenvalue weighted by Crippen LogP contribution is -2.38. The van der Waals surface area contributed by atoms with Gasteiger partial charge in [0.15, 0.2) is 0 Å². The highest BCUT2D eigenvalue weighted by atomic mass is 16.2. The first-order chi connectivity index (χ1) is 7.16. The lowest BCUT2D eigenvalue weighted by molar-refractivity contribution is -0.125. The van der Waals surface area contributed by atoms with E-state index in [1.807, 2.05) is 6.92 Å². The van der Waals surface area contributed by atoms with Gasteiger partial charge in [0, 0.05) is 12.4 Å². The zero-order valence-electron chi connectivity index (χ0n) is 8.28. The molecule has 2 rings (SSSR count). The SMILES string of the molecule is CC(NC1CC(=O)NC1=O)c1ncc[nH]1. The van der Waals surface area contributed by atoms with E-state index in [1.54, 1.807) is 12.4 Å². The summed E-state index contributed by atoms with van der Waals surface area (Å²) in [5.41, 5.74) is 0. The number of amides is 2. The average Bonchev–Trinajstić information content (AvgIpc) is 2.76. The second kappa shape index (κ2) is 3.82. The molecule has 1 fully saturated rings. The maximum atomic E-state index is 11.3. The minimum Gasteiger partial charge on any atom is -0.347 e. The lowest BCUT2D eigenvalue weighted by atomic mass is 10.2. The molecule has 2 atom stereocenters. The summed E-state index contributed by atoms with van der Waals surface area (Å²) in [6, 6.07) is -0.528. The smallest absolute Gasteiger partial charge is 0.244 e. The quantitative estimate of drug-likeness (QED) is 0.583. The Bertz CT molecular complexity index is 373. The van der Waals surface area contributed by atoms with Crippen LogP contribution in [0.25, 0.3) is 0 Å². The van der Waals surface area contributed by atoms with Crippen molar-refractivity contribution in [1.82, 2.24) is 20.6 Å². The Kier molecular flexibility index (Phi) is 2.51. The normalized spacial score (nSPS) is 22.9. The van der Waals surface area contributed by atoms with Crippen molar-refractivity contribution >= 4 is 11.8 Å². The van der Waals surface area contributed by atoms with Gasteiger partial charge in [-0.2, -0.15) is 0 Å². The van der Waals surface area contributed by atoms with Crippen LogP contribution in [-0.4, -0.2) is 27.8 Å². The summed E-state index contributed by atoms with van der Waals surface area (Å²) in [5.74, 6) is 0.254. The van der Waals surface area contributed by atoms with Gasteiger partial charge in [0.2, 0.25) is 11.8 Å². The number of nitrogens with one attached hydrogen (secondary N) is 3. The summed E-state index contributed by atoms with van der Waals surface area (Å²) in [7, 11) is 0. The number of aromatic amines is 1. The Morgan fingerprint density at radius 2 is 2.40 bits per heavy atom. The Morgan fingerprint density at radius 1 is 1.60 bits per heavy atom. The number of rotatable bonds is 3. The second-order valence-corrected chi connectivity index (χ2v) is 3.53. The van der Waals surface area contributed by atoms with Crippen molar-refractivity contribution in [2.24, 2.45) is 0 Å². The Hall–Kier alpha value is -1.69. The van der Waals surface area contributed by atoms with Crippen LogP contribution in [0.4, 0.5) is 0 Å². The molecule has 1 saturated heterocycles. The van der Waals surface area contributed by atoms with Crippen LogP contribution in [0.3, 0.4) is 0 Å². The third kappa shape index (κ3) is 2.04. The molecule has 1 aromatic rings. The molecule has 1 aromatic heterocycles.